The van der Waals surface area contributed by atoms with E-state index in [1.165, 1.54) is 0 Å². The standard InChI is InChI=1S/C20H22N2O6/c1-3-26-17-7-5-6-15(12-17)19(24)22-21-18(23)13-28-16-10-8-14(9-11-16)20(25)27-4-2/h5-12H,3-4,13H2,1-2H3,(H,21,23)(H,22,24). The minimum absolute atomic E-state index is 0.291. The number of hydrazine groups is 1. The molecule has 0 aliphatic rings. The Morgan fingerprint density at radius 2 is 1.57 bits per heavy atom. The molecule has 0 radical (unpaired) electrons. The van der Waals surface area contributed by atoms with Crippen molar-refractivity contribution in [3.8, 4) is 11.5 Å². The van der Waals surface area contributed by atoms with Crippen LogP contribution in [0.25, 0.3) is 0 Å². The van der Waals surface area contributed by atoms with E-state index in [1.807, 2.05) is 6.92 Å². The number of hydrogen-bond donors (Lipinski definition) is 2. The Morgan fingerprint density at radius 3 is 2.25 bits per heavy atom. The third kappa shape index (κ3) is 6.31. The molecule has 0 fully saturated rings. The maximum atomic E-state index is 12.1. The molecular weight excluding hydrogens is 364 g/mol. The third-order valence-electron chi connectivity index (χ3n) is 3.46. The van der Waals surface area contributed by atoms with Crippen molar-refractivity contribution in [2.24, 2.45) is 0 Å². The van der Waals surface area contributed by atoms with E-state index in [-0.39, 0.29) is 6.61 Å². The van der Waals surface area contributed by atoms with Gasteiger partial charge in [0, 0.05) is 5.56 Å². The van der Waals surface area contributed by atoms with Gasteiger partial charge in [-0.25, -0.2) is 4.79 Å². The summed E-state index contributed by atoms with van der Waals surface area (Å²) in [5, 5.41) is 0. The van der Waals surface area contributed by atoms with Gasteiger partial charge in [0.2, 0.25) is 0 Å². The highest BCUT2D eigenvalue weighted by atomic mass is 16.5. The Labute approximate surface area is 162 Å². The molecule has 2 amide bonds. The molecule has 2 aromatic rings. The summed E-state index contributed by atoms with van der Waals surface area (Å²) >= 11 is 0. The first-order valence-electron chi connectivity index (χ1n) is 8.75. The molecule has 0 saturated heterocycles. The lowest BCUT2D eigenvalue weighted by molar-refractivity contribution is -0.123. The van der Waals surface area contributed by atoms with Gasteiger partial charge < -0.3 is 14.2 Å². The topological polar surface area (TPSA) is 103 Å². The second-order valence-electron chi connectivity index (χ2n) is 5.50. The van der Waals surface area contributed by atoms with E-state index in [0.29, 0.717) is 35.8 Å². The van der Waals surface area contributed by atoms with E-state index in [4.69, 9.17) is 14.2 Å². The van der Waals surface area contributed by atoms with Crippen LogP contribution < -0.4 is 20.3 Å². The molecule has 8 nitrogen and oxygen atoms in total. The number of esters is 1. The molecule has 2 rings (SSSR count). The number of hydrogen-bond acceptors (Lipinski definition) is 6. The minimum Gasteiger partial charge on any atom is -0.494 e. The lowest BCUT2D eigenvalue weighted by atomic mass is 10.2. The Morgan fingerprint density at radius 1 is 0.821 bits per heavy atom. The summed E-state index contributed by atoms with van der Waals surface area (Å²) < 4.78 is 15.5. The summed E-state index contributed by atoms with van der Waals surface area (Å²) in [7, 11) is 0. The van der Waals surface area contributed by atoms with Crippen molar-refractivity contribution in [3.63, 3.8) is 0 Å². The smallest absolute Gasteiger partial charge is 0.338 e. The van der Waals surface area contributed by atoms with Gasteiger partial charge in [-0.05, 0) is 56.3 Å². The van der Waals surface area contributed by atoms with Gasteiger partial charge in [-0.3, -0.25) is 20.4 Å². The zero-order chi connectivity index (χ0) is 20.4. The second-order valence-corrected chi connectivity index (χ2v) is 5.50. The average molecular weight is 386 g/mol. The first-order chi connectivity index (χ1) is 13.5. The van der Waals surface area contributed by atoms with Crippen LogP contribution in [0.15, 0.2) is 48.5 Å². The molecule has 8 heteroatoms. The Balaban J connectivity index is 1.78. The molecule has 0 saturated carbocycles. The number of nitrogens with one attached hydrogen (secondary N) is 2. The van der Waals surface area contributed by atoms with Crippen LogP contribution in [0.4, 0.5) is 0 Å². The van der Waals surface area contributed by atoms with Gasteiger partial charge in [0.05, 0.1) is 18.8 Å². The SMILES string of the molecule is CCOC(=O)c1ccc(OCC(=O)NNC(=O)c2cccc(OCC)c2)cc1. The lowest BCUT2D eigenvalue weighted by Gasteiger charge is -2.10. The highest BCUT2D eigenvalue weighted by Gasteiger charge is 2.10. The summed E-state index contributed by atoms with van der Waals surface area (Å²) in [5.41, 5.74) is 5.32. The Bertz CT molecular complexity index is 820. The largest absolute Gasteiger partial charge is 0.494 e. The van der Waals surface area contributed by atoms with E-state index in [9.17, 15) is 14.4 Å². The fraction of sp³-hybridized carbons (Fsp3) is 0.250. The molecule has 2 N–H and O–H groups in total. The van der Waals surface area contributed by atoms with Crippen LogP contribution in [0.3, 0.4) is 0 Å². The van der Waals surface area contributed by atoms with Gasteiger partial charge in [-0.1, -0.05) is 6.07 Å². The summed E-state index contributed by atoms with van der Waals surface area (Å²) in [4.78, 5) is 35.5. The van der Waals surface area contributed by atoms with Crippen molar-refractivity contribution in [2.45, 2.75) is 13.8 Å². The lowest BCUT2D eigenvalue weighted by Crippen LogP contribution is -2.43. The molecule has 0 bridgehead atoms. The molecule has 28 heavy (non-hydrogen) atoms. The van der Waals surface area contributed by atoms with Gasteiger partial charge in [0.15, 0.2) is 6.61 Å². The maximum Gasteiger partial charge on any atom is 0.338 e. The minimum atomic E-state index is -0.538. The van der Waals surface area contributed by atoms with Gasteiger partial charge in [-0.15, -0.1) is 0 Å². The van der Waals surface area contributed by atoms with Crippen molar-refractivity contribution in [1.82, 2.24) is 10.9 Å². The summed E-state index contributed by atoms with van der Waals surface area (Å²) in [5.74, 6) is -0.476. The fourth-order valence-corrected chi connectivity index (χ4v) is 2.18. The van der Waals surface area contributed by atoms with Crippen molar-refractivity contribution in [3.05, 3.63) is 59.7 Å². The van der Waals surface area contributed by atoms with Crippen molar-refractivity contribution in [1.29, 1.82) is 0 Å². The van der Waals surface area contributed by atoms with Crippen molar-refractivity contribution in [2.75, 3.05) is 19.8 Å². The molecule has 0 spiro atoms. The van der Waals surface area contributed by atoms with E-state index < -0.39 is 17.8 Å². The quantitative estimate of drug-likeness (QED) is 0.532. The Kier molecular flexibility index (Phi) is 7.83. The van der Waals surface area contributed by atoms with Crippen LogP contribution in [0, 0.1) is 0 Å². The molecule has 0 unspecified atom stereocenters. The predicted octanol–water partition coefficient (Wildman–Crippen LogP) is 2.10. The number of benzene rings is 2. The summed E-state index contributed by atoms with van der Waals surface area (Å²) in [6.07, 6.45) is 0. The molecule has 0 aromatic heterocycles. The van der Waals surface area contributed by atoms with E-state index in [1.54, 1.807) is 55.5 Å². The van der Waals surface area contributed by atoms with E-state index in [0.717, 1.165) is 0 Å². The van der Waals surface area contributed by atoms with Gasteiger partial charge in [0.25, 0.3) is 11.8 Å². The number of carbonyl (C=O) groups is 3. The first kappa shape index (κ1) is 20.8. The molecule has 148 valence electrons. The Hall–Kier alpha value is -3.55. The normalized spacial score (nSPS) is 9.93. The molecule has 2 aromatic carbocycles. The summed E-state index contributed by atoms with van der Waals surface area (Å²) in [6, 6.07) is 12.8. The zero-order valence-electron chi connectivity index (χ0n) is 15.7. The number of rotatable bonds is 8. The van der Waals surface area contributed by atoms with Crippen LogP contribution in [0.2, 0.25) is 0 Å². The van der Waals surface area contributed by atoms with Crippen LogP contribution in [0.1, 0.15) is 34.6 Å². The van der Waals surface area contributed by atoms with Crippen molar-refractivity contribution < 1.29 is 28.6 Å². The van der Waals surface area contributed by atoms with Gasteiger partial charge in [-0.2, -0.15) is 0 Å². The highest BCUT2D eigenvalue weighted by molar-refractivity contribution is 5.95. The fourth-order valence-electron chi connectivity index (χ4n) is 2.18. The molecule has 0 aliphatic carbocycles. The second kappa shape index (κ2) is 10.6. The maximum absolute atomic E-state index is 12.1. The zero-order valence-corrected chi connectivity index (χ0v) is 15.7. The van der Waals surface area contributed by atoms with Crippen LogP contribution in [-0.4, -0.2) is 37.6 Å². The van der Waals surface area contributed by atoms with Crippen LogP contribution >= 0.6 is 0 Å². The van der Waals surface area contributed by atoms with Crippen LogP contribution in [-0.2, 0) is 9.53 Å². The first-order valence-corrected chi connectivity index (χ1v) is 8.75. The van der Waals surface area contributed by atoms with Crippen LogP contribution in [0.5, 0.6) is 11.5 Å². The van der Waals surface area contributed by atoms with Gasteiger partial charge in [0.1, 0.15) is 11.5 Å². The number of carbonyl (C=O) groups excluding carboxylic acids is 3. The predicted molar refractivity (Wildman–Crippen MR) is 101 cm³/mol. The molecule has 0 aliphatic heterocycles. The summed E-state index contributed by atoms with van der Waals surface area (Å²) in [6.45, 7) is 4.04. The number of ether oxygens (including phenoxy) is 3. The molecule has 0 heterocycles. The molecule has 0 atom stereocenters. The third-order valence-corrected chi connectivity index (χ3v) is 3.46. The number of amides is 2. The highest BCUT2D eigenvalue weighted by Crippen LogP contribution is 2.14. The van der Waals surface area contributed by atoms with E-state index in [2.05, 4.69) is 10.9 Å². The van der Waals surface area contributed by atoms with Crippen molar-refractivity contribution >= 4 is 17.8 Å². The van der Waals surface area contributed by atoms with E-state index >= 15 is 0 Å². The average Bonchev–Trinajstić information content (AvgIpc) is 2.71. The molecular formula is C20H22N2O6. The van der Waals surface area contributed by atoms with Gasteiger partial charge >= 0.3 is 5.97 Å². The monoisotopic (exact) mass is 386 g/mol.